The highest BCUT2D eigenvalue weighted by atomic mass is 16.5. The van der Waals surface area contributed by atoms with Crippen molar-refractivity contribution in [3.8, 4) is 0 Å². The molecule has 0 atom stereocenters. The molecule has 0 bridgehead atoms. The Bertz CT molecular complexity index is 821. The minimum absolute atomic E-state index is 0.314. The summed E-state index contributed by atoms with van der Waals surface area (Å²) in [5.41, 5.74) is 1.55. The van der Waals surface area contributed by atoms with Gasteiger partial charge in [-0.15, -0.1) is 0 Å². The van der Waals surface area contributed by atoms with Crippen molar-refractivity contribution in [3.63, 3.8) is 0 Å². The number of hydrogen-bond acceptors (Lipinski definition) is 4. The van der Waals surface area contributed by atoms with E-state index in [4.69, 9.17) is 9.84 Å². The molecular formula is C17H19N3O5. The van der Waals surface area contributed by atoms with Crippen molar-refractivity contribution >= 4 is 34.6 Å². The third-order valence-corrected chi connectivity index (χ3v) is 4.46. The Morgan fingerprint density at radius 1 is 1.28 bits per heavy atom. The van der Waals surface area contributed by atoms with E-state index in [-0.39, 0.29) is 6.03 Å². The van der Waals surface area contributed by atoms with Crippen molar-refractivity contribution < 1.29 is 24.2 Å². The van der Waals surface area contributed by atoms with E-state index in [0.717, 1.165) is 0 Å². The van der Waals surface area contributed by atoms with E-state index < -0.39 is 17.9 Å². The van der Waals surface area contributed by atoms with Gasteiger partial charge in [0.05, 0.1) is 18.6 Å². The molecule has 1 aromatic carbocycles. The Balaban J connectivity index is 1.75. The fourth-order valence-corrected chi connectivity index (χ4v) is 3.05. The Hall–Kier alpha value is -3.03. The number of carbonyl (C=O) groups excluding carboxylic acids is 2. The third-order valence-electron chi connectivity index (χ3n) is 4.46. The number of aromatic amines is 1. The van der Waals surface area contributed by atoms with E-state index >= 15 is 0 Å². The normalized spacial score (nSPS) is 15.2. The smallest absolute Gasteiger partial charge is 0.338 e. The molecule has 0 aliphatic carbocycles. The number of ether oxygens (including phenoxy) is 1. The molecule has 1 aliphatic heterocycles. The van der Waals surface area contributed by atoms with Gasteiger partial charge in [-0.25, -0.2) is 9.59 Å². The quantitative estimate of drug-likeness (QED) is 0.739. The van der Waals surface area contributed by atoms with E-state index in [1.165, 1.54) is 7.11 Å². The third kappa shape index (κ3) is 3.42. The number of nitrogens with zero attached hydrogens (tertiary/aromatic N) is 1. The van der Waals surface area contributed by atoms with Gasteiger partial charge in [0.25, 0.3) is 0 Å². The summed E-state index contributed by atoms with van der Waals surface area (Å²) in [7, 11) is 1.30. The van der Waals surface area contributed by atoms with Gasteiger partial charge in [0.1, 0.15) is 0 Å². The molecule has 2 amide bonds. The zero-order valence-corrected chi connectivity index (χ0v) is 13.7. The first-order valence-corrected chi connectivity index (χ1v) is 7.97. The summed E-state index contributed by atoms with van der Waals surface area (Å²) in [6.07, 6.45) is 2.58. The Morgan fingerprint density at radius 2 is 2.00 bits per heavy atom. The van der Waals surface area contributed by atoms with Crippen molar-refractivity contribution in [2.45, 2.75) is 12.8 Å². The molecule has 8 nitrogen and oxygen atoms in total. The number of esters is 1. The first kappa shape index (κ1) is 16.8. The molecule has 3 rings (SSSR count). The second-order valence-corrected chi connectivity index (χ2v) is 5.98. The van der Waals surface area contributed by atoms with Gasteiger partial charge in [0, 0.05) is 35.9 Å². The van der Waals surface area contributed by atoms with Gasteiger partial charge in [0.2, 0.25) is 0 Å². The summed E-state index contributed by atoms with van der Waals surface area (Å²) >= 11 is 0. The van der Waals surface area contributed by atoms with E-state index in [1.807, 2.05) is 0 Å². The molecule has 3 N–H and O–H groups in total. The van der Waals surface area contributed by atoms with Crippen LogP contribution in [0.5, 0.6) is 0 Å². The van der Waals surface area contributed by atoms with Crippen LogP contribution in [0.2, 0.25) is 0 Å². The van der Waals surface area contributed by atoms with Gasteiger partial charge in [-0.1, -0.05) is 0 Å². The number of fused-ring (bicyclic) bond motifs is 1. The SMILES string of the molecule is COC(=O)c1cc(NC(=O)N2CCC(C(=O)O)CC2)cc2[nH]ccc12. The van der Waals surface area contributed by atoms with Crippen LogP contribution in [0.3, 0.4) is 0 Å². The number of amides is 2. The molecule has 1 fully saturated rings. The van der Waals surface area contributed by atoms with Crippen LogP contribution in [-0.4, -0.2) is 53.2 Å². The summed E-state index contributed by atoms with van der Waals surface area (Å²) in [5, 5.41) is 12.5. The van der Waals surface area contributed by atoms with Crippen LogP contribution in [0.1, 0.15) is 23.2 Å². The fraction of sp³-hybridized carbons (Fsp3) is 0.353. The molecule has 0 radical (unpaired) electrons. The number of anilines is 1. The number of aliphatic carboxylic acids is 1. The molecule has 8 heteroatoms. The van der Waals surface area contributed by atoms with Gasteiger partial charge < -0.3 is 25.0 Å². The molecular weight excluding hydrogens is 326 g/mol. The molecule has 1 aromatic heterocycles. The molecule has 25 heavy (non-hydrogen) atoms. The van der Waals surface area contributed by atoms with Crippen LogP contribution >= 0.6 is 0 Å². The van der Waals surface area contributed by atoms with Crippen LogP contribution in [-0.2, 0) is 9.53 Å². The number of rotatable bonds is 3. The standard InChI is InChI=1S/C17H19N3O5/c1-25-16(23)13-8-11(9-14-12(13)2-5-18-14)19-17(24)20-6-3-10(4-7-20)15(21)22/h2,5,8-10,18H,3-4,6-7H2,1H3,(H,19,24)(H,21,22). The number of urea groups is 1. The Morgan fingerprint density at radius 3 is 2.64 bits per heavy atom. The lowest BCUT2D eigenvalue weighted by atomic mass is 9.97. The van der Waals surface area contributed by atoms with Crippen LogP contribution < -0.4 is 5.32 Å². The average Bonchev–Trinajstić information content (AvgIpc) is 3.08. The Labute approximate surface area is 143 Å². The minimum Gasteiger partial charge on any atom is -0.481 e. The maximum atomic E-state index is 12.4. The fourth-order valence-electron chi connectivity index (χ4n) is 3.05. The number of H-pyrrole nitrogens is 1. The molecule has 0 unspecified atom stereocenters. The number of nitrogens with one attached hydrogen (secondary N) is 2. The lowest BCUT2D eigenvalue weighted by Gasteiger charge is -2.30. The zero-order valence-electron chi connectivity index (χ0n) is 13.7. The van der Waals surface area contributed by atoms with Gasteiger partial charge in [-0.05, 0) is 31.0 Å². The monoisotopic (exact) mass is 345 g/mol. The summed E-state index contributed by atoms with van der Waals surface area (Å²) in [4.78, 5) is 39.9. The average molecular weight is 345 g/mol. The van der Waals surface area contributed by atoms with Crippen LogP contribution in [0.25, 0.3) is 10.9 Å². The van der Waals surface area contributed by atoms with E-state index in [9.17, 15) is 14.4 Å². The highest BCUT2D eigenvalue weighted by molar-refractivity contribution is 6.06. The largest absolute Gasteiger partial charge is 0.481 e. The number of likely N-dealkylation sites (tertiary alicyclic amines) is 1. The van der Waals surface area contributed by atoms with E-state index in [0.29, 0.717) is 48.1 Å². The summed E-state index contributed by atoms with van der Waals surface area (Å²) in [6, 6.07) is 4.77. The predicted octanol–water partition coefficient (Wildman–Crippen LogP) is 2.28. The second kappa shape index (κ2) is 6.84. The molecule has 0 spiro atoms. The number of aromatic nitrogens is 1. The maximum Gasteiger partial charge on any atom is 0.338 e. The number of carboxylic acids is 1. The molecule has 2 heterocycles. The van der Waals surface area contributed by atoms with Gasteiger partial charge in [-0.2, -0.15) is 0 Å². The van der Waals surface area contributed by atoms with Crippen molar-refractivity contribution in [2.24, 2.45) is 5.92 Å². The van der Waals surface area contributed by atoms with Crippen molar-refractivity contribution in [2.75, 3.05) is 25.5 Å². The van der Waals surface area contributed by atoms with Gasteiger partial charge in [-0.3, -0.25) is 4.79 Å². The maximum absolute atomic E-state index is 12.4. The van der Waals surface area contributed by atoms with Crippen LogP contribution in [0.15, 0.2) is 24.4 Å². The number of benzene rings is 1. The number of hydrogen-bond donors (Lipinski definition) is 3. The van der Waals surface area contributed by atoms with Gasteiger partial charge in [0.15, 0.2) is 0 Å². The summed E-state index contributed by atoms with van der Waals surface area (Å²) in [6.45, 7) is 0.773. The van der Waals surface area contributed by atoms with Crippen LogP contribution in [0, 0.1) is 5.92 Å². The molecule has 2 aromatic rings. The molecule has 0 saturated carbocycles. The first-order chi connectivity index (χ1) is 12.0. The highest BCUT2D eigenvalue weighted by Crippen LogP contribution is 2.25. The van der Waals surface area contributed by atoms with E-state index in [1.54, 1.807) is 29.3 Å². The predicted molar refractivity (Wildman–Crippen MR) is 90.6 cm³/mol. The number of carboxylic acid groups (broad SMARTS) is 1. The highest BCUT2D eigenvalue weighted by Gasteiger charge is 2.27. The van der Waals surface area contributed by atoms with Crippen LogP contribution in [0.4, 0.5) is 10.5 Å². The second-order valence-electron chi connectivity index (χ2n) is 5.98. The van der Waals surface area contributed by atoms with Crippen molar-refractivity contribution in [1.82, 2.24) is 9.88 Å². The number of methoxy groups -OCH3 is 1. The van der Waals surface area contributed by atoms with Gasteiger partial charge >= 0.3 is 18.0 Å². The summed E-state index contributed by atoms with van der Waals surface area (Å²) < 4.78 is 4.79. The lowest BCUT2D eigenvalue weighted by molar-refractivity contribution is -0.143. The molecule has 1 saturated heterocycles. The Kier molecular flexibility index (Phi) is 4.60. The minimum atomic E-state index is -0.819. The lowest BCUT2D eigenvalue weighted by Crippen LogP contribution is -2.42. The van der Waals surface area contributed by atoms with Crippen molar-refractivity contribution in [1.29, 1.82) is 0 Å². The number of carbonyl (C=O) groups is 3. The van der Waals surface area contributed by atoms with E-state index in [2.05, 4.69) is 10.3 Å². The van der Waals surface area contributed by atoms with Crippen molar-refractivity contribution in [3.05, 3.63) is 30.0 Å². The molecule has 1 aliphatic rings. The topological polar surface area (TPSA) is 112 Å². The molecule has 132 valence electrons. The summed E-state index contributed by atoms with van der Waals surface area (Å²) in [5.74, 6) is -1.70. The first-order valence-electron chi connectivity index (χ1n) is 7.97. The zero-order chi connectivity index (χ0) is 18.0. The number of piperidine rings is 1.